The zero-order chi connectivity index (χ0) is 26.6. The van der Waals surface area contributed by atoms with Crippen molar-refractivity contribution in [2.75, 3.05) is 30.2 Å². The van der Waals surface area contributed by atoms with Crippen LogP contribution in [0.1, 0.15) is 28.9 Å². The Morgan fingerprint density at radius 3 is 2.08 bits per heavy atom. The van der Waals surface area contributed by atoms with Crippen LogP contribution in [0.3, 0.4) is 0 Å². The maximum Gasteiger partial charge on any atom is 0.261 e. The zero-order valence-corrected chi connectivity index (χ0v) is 21.2. The number of anilines is 3. The second-order valence-electron chi connectivity index (χ2n) is 8.64. The first kappa shape index (κ1) is 24.6. The molecule has 0 spiro atoms. The number of para-hydroxylation sites is 3. The number of allylic oxidation sites excluding steroid dienone is 1. The Morgan fingerprint density at radius 1 is 0.842 bits per heavy atom. The summed E-state index contributed by atoms with van der Waals surface area (Å²) < 4.78 is 12.9. The van der Waals surface area contributed by atoms with Gasteiger partial charge in [0.15, 0.2) is 11.5 Å². The highest BCUT2D eigenvalue weighted by atomic mass is 16.5. The Kier molecular flexibility index (Phi) is 6.82. The number of fused-ring (bicyclic) bond motifs is 1. The first-order chi connectivity index (χ1) is 18.5. The van der Waals surface area contributed by atoms with Gasteiger partial charge in [0.25, 0.3) is 11.8 Å². The molecule has 0 aliphatic carbocycles. The molecule has 1 aliphatic heterocycles. The number of nitrogens with one attached hydrogen (secondary N) is 3. The molecule has 1 unspecified atom stereocenters. The van der Waals surface area contributed by atoms with Crippen molar-refractivity contribution in [2.45, 2.75) is 13.0 Å². The summed E-state index contributed by atoms with van der Waals surface area (Å²) in [4.78, 5) is 26.9. The molecule has 0 fully saturated rings. The summed E-state index contributed by atoms with van der Waals surface area (Å²) in [6, 6.07) is 23.1. The second-order valence-corrected chi connectivity index (χ2v) is 8.64. The van der Waals surface area contributed by atoms with Gasteiger partial charge in [-0.15, -0.1) is 0 Å². The molecule has 4 aromatic rings. The van der Waals surface area contributed by atoms with Crippen LogP contribution in [0.25, 0.3) is 0 Å². The SMILES string of the molecule is COc1cccc(C2C(C(=O)Nc3ccccc3)=C(C)Nc3c(C(=O)Nc4ccccc4)cnn32)c1OC. The van der Waals surface area contributed by atoms with Crippen molar-refractivity contribution in [3.63, 3.8) is 0 Å². The average Bonchev–Trinajstić information content (AvgIpc) is 3.36. The predicted molar refractivity (Wildman–Crippen MR) is 146 cm³/mol. The number of carbonyl (C=O) groups excluding carboxylic acids is 2. The van der Waals surface area contributed by atoms with E-state index in [-0.39, 0.29) is 11.8 Å². The lowest BCUT2D eigenvalue weighted by Crippen LogP contribution is -2.32. The Balaban J connectivity index is 1.61. The fourth-order valence-corrected chi connectivity index (χ4v) is 4.57. The molecule has 2 amide bonds. The molecule has 9 nitrogen and oxygen atoms in total. The van der Waals surface area contributed by atoms with Gasteiger partial charge < -0.3 is 25.4 Å². The highest BCUT2D eigenvalue weighted by Crippen LogP contribution is 2.44. The van der Waals surface area contributed by atoms with Crippen LogP contribution in [0.4, 0.5) is 17.2 Å². The quantitative estimate of drug-likeness (QED) is 0.321. The van der Waals surface area contributed by atoms with Crippen LogP contribution in [0.15, 0.2) is 96.3 Å². The summed E-state index contributed by atoms with van der Waals surface area (Å²) in [5.41, 5.74) is 3.31. The van der Waals surface area contributed by atoms with Gasteiger partial charge in [-0.25, -0.2) is 4.68 Å². The maximum atomic E-state index is 13.7. The second kappa shape index (κ2) is 10.5. The molecule has 1 aliphatic rings. The Hall–Kier alpha value is -5.05. The molecule has 9 heteroatoms. The molecular formula is C29H27N5O4. The molecule has 1 atom stereocenters. The molecular weight excluding hydrogens is 482 g/mol. The van der Waals surface area contributed by atoms with E-state index in [9.17, 15) is 9.59 Å². The summed E-state index contributed by atoms with van der Waals surface area (Å²) in [6.07, 6.45) is 1.49. The Bertz CT molecular complexity index is 1510. The number of nitrogens with zero attached hydrogens (tertiary/aromatic N) is 2. The minimum absolute atomic E-state index is 0.312. The third-order valence-corrected chi connectivity index (χ3v) is 6.30. The predicted octanol–water partition coefficient (Wildman–Crippen LogP) is 5.08. The fraction of sp³-hybridized carbons (Fsp3) is 0.138. The van der Waals surface area contributed by atoms with E-state index in [1.807, 2.05) is 72.8 Å². The number of hydrogen-bond donors (Lipinski definition) is 3. The monoisotopic (exact) mass is 509 g/mol. The number of methoxy groups -OCH3 is 2. The van der Waals surface area contributed by atoms with E-state index in [0.29, 0.717) is 51.1 Å². The minimum atomic E-state index is -0.710. The van der Waals surface area contributed by atoms with Gasteiger partial charge >= 0.3 is 0 Å². The largest absolute Gasteiger partial charge is 0.493 e. The van der Waals surface area contributed by atoms with E-state index in [4.69, 9.17) is 9.47 Å². The number of aromatic nitrogens is 2. The number of benzene rings is 3. The van der Waals surface area contributed by atoms with Crippen molar-refractivity contribution in [2.24, 2.45) is 0 Å². The molecule has 38 heavy (non-hydrogen) atoms. The van der Waals surface area contributed by atoms with E-state index in [1.54, 1.807) is 31.9 Å². The van der Waals surface area contributed by atoms with E-state index < -0.39 is 6.04 Å². The van der Waals surface area contributed by atoms with E-state index in [1.165, 1.54) is 6.20 Å². The van der Waals surface area contributed by atoms with Gasteiger partial charge in [0.2, 0.25) is 0 Å². The summed E-state index contributed by atoms with van der Waals surface area (Å²) in [5, 5.41) is 13.7. The molecule has 0 saturated carbocycles. The van der Waals surface area contributed by atoms with Gasteiger partial charge in [-0.1, -0.05) is 48.5 Å². The zero-order valence-electron chi connectivity index (χ0n) is 21.2. The highest BCUT2D eigenvalue weighted by Gasteiger charge is 2.37. The van der Waals surface area contributed by atoms with Gasteiger partial charge in [-0.2, -0.15) is 5.10 Å². The smallest absolute Gasteiger partial charge is 0.261 e. The number of amides is 2. The summed E-state index contributed by atoms with van der Waals surface area (Å²) in [6.45, 7) is 1.80. The number of ether oxygens (including phenoxy) is 2. The molecule has 1 aromatic heterocycles. The highest BCUT2D eigenvalue weighted by molar-refractivity contribution is 6.09. The molecule has 192 valence electrons. The van der Waals surface area contributed by atoms with Crippen molar-refractivity contribution < 1.29 is 19.1 Å². The Labute approximate surface area is 220 Å². The van der Waals surface area contributed by atoms with E-state index in [0.717, 1.165) is 0 Å². The van der Waals surface area contributed by atoms with Gasteiger partial charge in [0, 0.05) is 22.6 Å². The molecule has 5 rings (SSSR count). The van der Waals surface area contributed by atoms with Crippen LogP contribution in [0.5, 0.6) is 11.5 Å². The van der Waals surface area contributed by atoms with Gasteiger partial charge in [0.05, 0.1) is 26.0 Å². The molecule has 3 N–H and O–H groups in total. The molecule has 0 saturated heterocycles. The fourth-order valence-electron chi connectivity index (χ4n) is 4.57. The van der Waals surface area contributed by atoms with Crippen LogP contribution in [0.2, 0.25) is 0 Å². The normalized spacial score (nSPS) is 14.2. The number of hydrogen-bond acceptors (Lipinski definition) is 6. The van der Waals surface area contributed by atoms with E-state index in [2.05, 4.69) is 21.0 Å². The number of carbonyl (C=O) groups is 2. The lowest BCUT2D eigenvalue weighted by atomic mass is 9.93. The summed E-state index contributed by atoms with van der Waals surface area (Å²) in [5.74, 6) is 0.803. The molecule has 2 heterocycles. The van der Waals surface area contributed by atoms with Crippen LogP contribution in [-0.2, 0) is 4.79 Å². The minimum Gasteiger partial charge on any atom is -0.493 e. The van der Waals surface area contributed by atoms with Crippen molar-refractivity contribution in [3.8, 4) is 11.5 Å². The van der Waals surface area contributed by atoms with Crippen LogP contribution >= 0.6 is 0 Å². The first-order valence-corrected chi connectivity index (χ1v) is 12.0. The standard InChI is InChI=1S/C29H27N5O4/c1-18-24(29(36)33-20-13-8-5-9-14-20)25(21-15-10-16-23(37-2)26(21)38-3)34-27(31-18)22(17-30-34)28(35)32-19-11-6-4-7-12-19/h4-17,25,31H,1-3H3,(H,32,35)(H,33,36). The topological polar surface area (TPSA) is 107 Å². The molecule has 3 aromatic carbocycles. The van der Waals surface area contributed by atoms with Gasteiger partial charge in [0.1, 0.15) is 17.4 Å². The lowest BCUT2D eigenvalue weighted by molar-refractivity contribution is -0.113. The summed E-state index contributed by atoms with van der Waals surface area (Å²) in [7, 11) is 3.10. The maximum absolute atomic E-state index is 13.7. The lowest BCUT2D eigenvalue weighted by Gasteiger charge is -2.31. The summed E-state index contributed by atoms with van der Waals surface area (Å²) >= 11 is 0. The van der Waals surface area contributed by atoms with Gasteiger partial charge in [-0.3, -0.25) is 9.59 Å². The van der Waals surface area contributed by atoms with Crippen molar-refractivity contribution in [1.29, 1.82) is 0 Å². The third kappa shape index (κ3) is 4.57. The van der Waals surface area contributed by atoms with Crippen LogP contribution in [0, 0.1) is 0 Å². The van der Waals surface area contributed by atoms with Crippen molar-refractivity contribution in [3.05, 3.63) is 107 Å². The van der Waals surface area contributed by atoms with Gasteiger partial charge in [-0.05, 0) is 37.3 Å². The van der Waals surface area contributed by atoms with E-state index >= 15 is 0 Å². The first-order valence-electron chi connectivity index (χ1n) is 12.0. The Morgan fingerprint density at radius 2 is 1.47 bits per heavy atom. The van der Waals surface area contributed by atoms with Crippen LogP contribution in [-0.4, -0.2) is 35.8 Å². The third-order valence-electron chi connectivity index (χ3n) is 6.30. The van der Waals surface area contributed by atoms with Crippen molar-refractivity contribution >= 4 is 29.0 Å². The number of rotatable bonds is 7. The van der Waals surface area contributed by atoms with Crippen molar-refractivity contribution in [1.82, 2.24) is 9.78 Å². The van der Waals surface area contributed by atoms with Crippen LogP contribution < -0.4 is 25.4 Å². The molecule has 0 bridgehead atoms. The molecule has 0 radical (unpaired) electrons. The average molecular weight is 510 g/mol.